The van der Waals surface area contributed by atoms with Gasteiger partial charge in [0.25, 0.3) is 0 Å². The molecule has 3 atom stereocenters. The number of ether oxygens (including phenoxy) is 3. The molecule has 1 heterocycles. The smallest absolute Gasteiger partial charge is 0.329 e. The Morgan fingerprint density at radius 2 is 1.86 bits per heavy atom. The molecule has 3 unspecified atom stereocenters. The van der Waals surface area contributed by atoms with Crippen molar-refractivity contribution < 1.29 is 39.1 Å². The molecule has 0 spiro atoms. The highest BCUT2D eigenvalue weighted by molar-refractivity contribution is 5.77. The summed E-state index contributed by atoms with van der Waals surface area (Å²) in [6.45, 7) is -0.0269. The first-order chi connectivity index (χ1) is 10.0. The molecule has 1 rings (SSSR count). The molecule has 9 heteroatoms. The summed E-state index contributed by atoms with van der Waals surface area (Å²) in [6, 6.07) is 0. The van der Waals surface area contributed by atoms with E-state index in [1.807, 2.05) is 0 Å². The quantitative estimate of drug-likeness (QED) is 0.350. The van der Waals surface area contributed by atoms with Gasteiger partial charge in [0.05, 0.1) is 19.3 Å². The maximum absolute atomic E-state index is 11.4. The van der Waals surface area contributed by atoms with E-state index in [1.165, 1.54) is 0 Å². The number of carbonyl (C=O) groups excluding carboxylic acids is 1. The van der Waals surface area contributed by atoms with Crippen LogP contribution in [0.5, 0.6) is 0 Å². The van der Waals surface area contributed by atoms with Crippen molar-refractivity contribution >= 4 is 11.9 Å². The predicted molar refractivity (Wildman–Crippen MR) is 68.7 cm³/mol. The van der Waals surface area contributed by atoms with Gasteiger partial charge in [-0.2, -0.15) is 0 Å². The van der Waals surface area contributed by atoms with Gasteiger partial charge in [-0.25, -0.2) is 4.79 Å². The van der Waals surface area contributed by atoms with E-state index in [-0.39, 0.29) is 26.4 Å². The molecule has 1 aliphatic heterocycles. The fourth-order valence-corrected chi connectivity index (χ4v) is 1.74. The molecule has 0 aromatic carbocycles. The fraction of sp³-hybridized carbons (Fsp3) is 0.833. The van der Waals surface area contributed by atoms with Gasteiger partial charge >= 0.3 is 5.97 Å². The van der Waals surface area contributed by atoms with Crippen LogP contribution < -0.4 is 5.32 Å². The monoisotopic (exact) mass is 307 g/mol. The van der Waals surface area contributed by atoms with Gasteiger partial charge in [-0.1, -0.05) is 0 Å². The number of rotatable bonds is 9. The largest absolute Gasteiger partial charge is 0.480 e. The van der Waals surface area contributed by atoms with Crippen LogP contribution in [0, 0.1) is 0 Å². The van der Waals surface area contributed by atoms with Gasteiger partial charge in [-0.05, 0) is 6.42 Å². The summed E-state index contributed by atoms with van der Waals surface area (Å²) in [5.74, 6) is -1.47. The van der Waals surface area contributed by atoms with Gasteiger partial charge in [0.15, 0.2) is 0 Å². The SMILES string of the molecule is O=C(O)COCCOCC(=O)NCC1OCCC(O)C1O. The van der Waals surface area contributed by atoms with E-state index < -0.39 is 36.8 Å². The minimum atomic E-state index is -1.07. The number of amides is 1. The van der Waals surface area contributed by atoms with E-state index in [0.717, 1.165) is 0 Å². The number of hydrogen-bond acceptors (Lipinski definition) is 7. The number of aliphatic hydroxyl groups excluding tert-OH is 2. The first-order valence-electron chi connectivity index (χ1n) is 6.62. The second-order valence-corrected chi connectivity index (χ2v) is 4.56. The lowest BCUT2D eigenvalue weighted by Gasteiger charge is -2.32. The summed E-state index contributed by atoms with van der Waals surface area (Å²) in [5, 5.41) is 29.9. The number of carbonyl (C=O) groups is 2. The zero-order chi connectivity index (χ0) is 15.7. The second-order valence-electron chi connectivity index (χ2n) is 4.56. The molecular weight excluding hydrogens is 286 g/mol. The summed E-state index contributed by atoms with van der Waals surface area (Å²) >= 11 is 0. The normalized spacial score (nSPS) is 25.5. The molecule has 9 nitrogen and oxygen atoms in total. The van der Waals surface area contributed by atoms with Crippen LogP contribution in [-0.2, 0) is 23.8 Å². The highest BCUT2D eigenvalue weighted by Crippen LogP contribution is 2.13. The molecule has 0 saturated carbocycles. The summed E-state index contributed by atoms with van der Waals surface area (Å²) in [4.78, 5) is 21.6. The lowest BCUT2D eigenvalue weighted by Crippen LogP contribution is -2.50. The fourth-order valence-electron chi connectivity index (χ4n) is 1.74. The lowest BCUT2D eigenvalue weighted by molar-refractivity contribution is -0.143. The van der Waals surface area contributed by atoms with E-state index in [2.05, 4.69) is 5.32 Å². The van der Waals surface area contributed by atoms with Crippen molar-refractivity contribution in [1.29, 1.82) is 0 Å². The standard InChI is InChI=1S/C12H21NO8/c14-8-1-2-21-9(12(8)18)5-13-10(15)6-19-3-4-20-7-11(16)17/h8-9,12,14,18H,1-7H2,(H,13,15)(H,16,17). The first kappa shape index (κ1) is 17.8. The molecule has 1 saturated heterocycles. The minimum absolute atomic E-state index is 0.0793. The third kappa shape index (κ3) is 7.34. The third-order valence-electron chi connectivity index (χ3n) is 2.85. The van der Waals surface area contributed by atoms with Crippen LogP contribution in [0.15, 0.2) is 0 Å². The summed E-state index contributed by atoms with van der Waals surface area (Å²) in [7, 11) is 0. The average Bonchev–Trinajstić information content (AvgIpc) is 2.44. The topological polar surface area (TPSA) is 135 Å². The van der Waals surface area contributed by atoms with Crippen molar-refractivity contribution in [3.05, 3.63) is 0 Å². The molecule has 0 aliphatic carbocycles. The van der Waals surface area contributed by atoms with Crippen LogP contribution in [0.25, 0.3) is 0 Å². The van der Waals surface area contributed by atoms with Crippen LogP contribution in [0.1, 0.15) is 6.42 Å². The second kappa shape index (κ2) is 9.64. The number of hydrogen-bond donors (Lipinski definition) is 4. The Balaban J connectivity index is 2.04. The maximum Gasteiger partial charge on any atom is 0.329 e. The minimum Gasteiger partial charge on any atom is -0.480 e. The van der Waals surface area contributed by atoms with Crippen molar-refractivity contribution in [2.24, 2.45) is 0 Å². The Hall–Kier alpha value is -1.26. The van der Waals surface area contributed by atoms with Crippen molar-refractivity contribution in [3.8, 4) is 0 Å². The van der Waals surface area contributed by atoms with E-state index in [9.17, 15) is 19.8 Å². The molecular formula is C12H21NO8. The molecule has 0 aromatic rings. The highest BCUT2D eigenvalue weighted by atomic mass is 16.5. The van der Waals surface area contributed by atoms with E-state index in [0.29, 0.717) is 13.0 Å². The maximum atomic E-state index is 11.4. The molecule has 122 valence electrons. The molecule has 0 bridgehead atoms. The number of carboxylic acids is 1. The average molecular weight is 307 g/mol. The molecule has 0 radical (unpaired) electrons. The number of aliphatic carboxylic acids is 1. The Labute approximate surface area is 121 Å². The van der Waals surface area contributed by atoms with Crippen molar-refractivity contribution in [2.45, 2.75) is 24.7 Å². The Morgan fingerprint density at radius 3 is 2.52 bits per heavy atom. The summed E-state index contributed by atoms with van der Waals surface area (Å²) in [5.41, 5.74) is 0. The summed E-state index contributed by atoms with van der Waals surface area (Å²) in [6.07, 6.45) is -2.14. The van der Waals surface area contributed by atoms with E-state index >= 15 is 0 Å². The lowest BCUT2D eigenvalue weighted by atomic mass is 10.0. The Kier molecular flexibility index (Phi) is 8.16. The van der Waals surface area contributed by atoms with Crippen molar-refractivity contribution in [1.82, 2.24) is 5.32 Å². The predicted octanol–water partition coefficient (Wildman–Crippen LogP) is -2.27. The molecule has 1 aliphatic rings. The first-order valence-corrected chi connectivity index (χ1v) is 6.62. The van der Waals surface area contributed by atoms with Crippen LogP contribution >= 0.6 is 0 Å². The van der Waals surface area contributed by atoms with Gasteiger partial charge in [0.2, 0.25) is 5.91 Å². The number of aliphatic hydroxyl groups is 2. The van der Waals surface area contributed by atoms with E-state index in [1.54, 1.807) is 0 Å². The summed E-state index contributed by atoms with van der Waals surface area (Å²) < 4.78 is 15.0. The Morgan fingerprint density at radius 1 is 1.19 bits per heavy atom. The molecule has 21 heavy (non-hydrogen) atoms. The van der Waals surface area contributed by atoms with Crippen LogP contribution in [0.3, 0.4) is 0 Å². The van der Waals surface area contributed by atoms with Crippen LogP contribution in [0.4, 0.5) is 0 Å². The number of carboxylic acid groups (broad SMARTS) is 1. The van der Waals surface area contributed by atoms with Gasteiger partial charge < -0.3 is 34.8 Å². The van der Waals surface area contributed by atoms with Crippen LogP contribution in [-0.4, -0.2) is 85.1 Å². The van der Waals surface area contributed by atoms with Gasteiger partial charge in [-0.3, -0.25) is 4.79 Å². The third-order valence-corrected chi connectivity index (χ3v) is 2.85. The van der Waals surface area contributed by atoms with E-state index in [4.69, 9.17) is 19.3 Å². The van der Waals surface area contributed by atoms with Gasteiger partial charge in [0, 0.05) is 13.2 Å². The molecule has 1 fully saturated rings. The van der Waals surface area contributed by atoms with Gasteiger partial charge in [-0.15, -0.1) is 0 Å². The van der Waals surface area contributed by atoms with Crippen molar-refractivity contribution in [3.63, 3.8) is 0 Å². The highest BCUT2D eigenvalue weighted by Gasteiger charge is 2.31. The molecule has 1 amide bonds. The van der Waals surface area contributed by atoms with Crippen molar-refractivity contribution in [2.75, 3.05) is 39.6 Å². The molecule has 4 N–H and O–H groups in total. The Bertz CT molecular complexity index is 337. The zero-order valence-electron chi connectivity index (χ0n) is 11.6. The molecule has 0 aromatic heterocycles. The zero-order valence-corrected chi connectivity index (χ0v) is 11.6. The van der Waals surface area contributed by atoms with Crippen LogP contribution in [0.2, 0.25) is 0 Å². The number of nitrogens with one attached hydrogen (secondary N) is 1. The van der Waals surface area contributed by atoms with Gasteiger partial charge in [0.1, 0.15) is 25.4 Å².